The molecule has 5 nitrogen and oxygen atoms in total. The fourth-order valence-corrected chi connectivity index (χ4v) is 2.65. The van der Waals surface area contributed by atoms with Crippen molar-refractivity contribution in [1.82, 2.24) is 15.5 Å². The van der Waals surface area contributed by atoms with Crippen molar-refractivity contribution in [2.24, 2.45) is 0 Å². The summed E-state index contributed by atoms with van der Waals surface area (Å²) in [5.74, 6) is 0.272. The van der Waals surface area contributed by atoms with Gasteiger partial charge < -0.3 is 10.6 Å². The lowest BCUT2D eigenvalue weighted by atomic mass is 10.0. The molecule has 0 aromatic rings. The first-order chi connectivity index (χ1) is 9.58. The third-order valence-electron chi connectivity index (χ3n) is 3.97. The molecule has 0 aromatic carbocycles. The number of rotatable bonds is 6. The summed E-state index contributed by atoms with van der Waals surface area (Å²) in [7, 11) is 0. The maximum absolute atomic E-state index is 11.8. The van der Waals surface area contributed by atoms with Gasteiger partial charge in [0.25, 0.3) is 0 Å². The van der Waals surface area contributed by atoms with Gasteiger partial charge in [-0.2, -0.15) is 11.8 Å². The molecule has 0 aromatic heterocycles. The Morgan fingerprint density at radius 1 is 1.15 bits per heavy atom. The molecule has 1 atom stereocenters. The monoisotopic (exact) mass is 299 g/mol. The number of carbonyl (C=O) groups is 2. The molecular formula is C14H25N3O2S. The number of amides is 2. The van der Waals surface area contributed by atoms with Crippen LogP contribution in [0.15, 0.2) is 0 Å². The average molecular weight is 299 g/mol. The minimum Gasteiger partial charge on any atom is -0.352 e. The maximum Gasteiger partial charge on any atom is 0.234 e. The van der Waals surface area contributed by atoms with Crippen LogP contribution in [0.25, 0.3) is 0 Å². The highest BCUT2D eigenvalue weighted by molar-refractivity contribution is 7.99. The number of nitrogens with zero attached hydrogens (tertiary/aromatic N) is 1. The van der Waals surface area contributed by atoms with Crippen LogP contribution in [0, 0.1) is 0 Å². The topological polar surface area (TPSA) is 61.4 Å². The highest BCUT2D eigenvalue weighted by Gasteiger charge is 2.26. The van der Waals surface area contributed by atoms with Gasteiger partial charge in [-0.1, -0.05) is 0 Å². The molecular weight excluding hydrogens is 274 g/mol. The lowest BCUT2D eigenvalue weighted by Gasteiger charge is -2.32. The number of nitrogens with one attached hydrogen (secondary N) is 2. The molecule has 1 saturated heterocycles. The summed E-state index contributed by atoms with van der Waals surface area (Å²) in [5, 5.41) is 6.12. The van der Waals surface area contributed by atoms with Gasteiger partial charge in [-0.05, 0) is 38.9 Å². The third kappa shape index (κ3) is 4.98. The highest BCUT2D eigenvalue weighted by Crippen LogP contribution is 2.18. The Morgan fingerprint density at radius 2 is 1.75 bits per heavy atom. The smallest absolute Gasteiger partial charge is 0.234 e. The largest absolute Gasteiger partial charge is 0.352 e. The molecule has 2 amide bonds. The molecule has 2 fully saturated rings. The van der Waals surface area contributed by atoms with Gasteiger partial charge in [0.2, 0.25) is 11.8 Å². The minimum absolute atomic E-state index is 0.0114. The molecule has 6 heteroatoms. The summed E-state index contributed by atoms with van der Waals surface area (Å²) >= 11 is 1.57. The van der Waals surface area contributed by atoms with Gasteiger partial charge in [-0.15, -0.1) is 0 Å². The van der Waals surface area contributed by atoms with Gasteiger partial charge in [0, 0.05) is 25.2 Å². The van der Waals surface area contributed by atoms with E-state index in [0.717, 1.165) is 38.8 Å². The third-order valence-corrected chi connectivity index (χ3v) is 4.89. The Morgan fingerprint density at radius 3 is 2.30 bits per heavy atom. The summed E-state index contributed by atoms with van der Waals surface area (Å²) in [4.78, 5) is 25.7. The van der Waals surface area contributed by atoms with Crippen LogP contribution in [0.2, 0.25) is 0 Å². The second-order valence-electron chi connectivity index (χ2n) is 5.78. The van der Waals surface area contributed by atoms with E-state index in [-0.39, 0.29) is 23.1 Å². The zero-order valence-corrected chi connectivity index (χ0v) is 13.2. The molecule has 2 rings (SSSR count). The van der Waals surface area contributed by atoms with E-state index in [1.807, 2.05) is 13.2 Å². The van der Waals surface area contributed by atoms with Gasteiger partial charge >= 0.3 is 0 Å². The van der Waals surface area contributed by atoms with Crippen LogP contribution in [-0.2, 0) is 9.59 Å². The van der Waals surface area contributed by atoms with E-state index in [4.69, 9.17) is 0 Å². The zero-order chi connectivity index (χ0) is 14.5. The van der Waals surface area contributed by atoms with Gasteiger partial charge in [0.05, 0.1) is 11.8 Å². The van der Waals surface area contributed by atoms with Crippen LogP contribution in [-0.4, -0.2) is 59.9 Å². The first-order valence-electron chi connectivity index (χ1n) is 7.43. The van der Waals surface area contributed by atoms with Crippen molar-refractivity contribution < 1.29 is 9.59 Å². The molecule has 20 heavy (non-hydrogen) atoms. The predicted octanol–water partition coefficient (Wildman–Crippen LogP) is 0.597. The maximum atomic E-state index is 11.8. The quantitative estimate of drug-likeness (QED) is 0.754. The van der Waals surface area contributed by atoms with Crippen molar-refractivity contribution in [2.45, 2.75) is 49.9 Å². The molecule has 1 aliphatic heterocycles. The van der Waals surface area contributed by atoms with E-state index in [1.54, 1.807) is 11.8 Å². The zero-order valence-electron chi connectivity index (χ0n) is 12.4. The predicted molar refractivity (Wildman–Crippen MR) is 81.7 cm³/mol. The first kappa shape index (κ1) is 15.6. The van der Waals surface area contributed by atoms with Crippen LogP contribution in [0.4, 0.5) is 0 Å². The first-order valence-corrected chi connectivity index (χ1v) is 8.72. The van der Waals surface area contributed by atoms with E-state index in [2.05, 4.69) is 15.5 Å². The summed E-state index contributed by atoms with van der Waals surface area (Å²) < 4.78 is 0. The van der Waals surface area contributed by atoms with Crippen LogP contribution < -0.4 is 10.6 Å². The standard InChI is InChI=1S/C14H25N3O2S/c1-10(20-2)14(19)16-12-5-7-17(8-6-12)9-13(18)15-11-3-4-11/h10-12H,3-9H2,1-2H3,(H,15,18)(H,16,19). The van der Waals surface area contributed by atoms with Crippen LogP contribution in [0.5, 0.6) is 0 Å². The molecule has 2 aliphatic rings. The van der Waals surface area contributed by atoms with Gasteiger partial charge in [0.1, 0.15) is 0 Å². The number of hydrogen-bond acceptors (Lipinski definition) is 4. The van der Waals surface area contributed by atoms with Crippen molar-refractivity contribution in [2.75, 3.05) is 25.9 Å². The molecule has 1 saturated carbocycles. The van der Waals surface area contributed by atoms with Crippen LogP contribution in [0.3, 0.4) is 0 Å². The Labute approximate surface area is 125 Å². The van der Waals surface area contributed by atoms with Gasteiger partial charge in [0.15, 0.2) is 0 Å². The molecule has 2 N–H and O–H groups in total. The van der Waals surface area contributed by atoms with E-state index >= 15 is 0 Å². The summed E-state index contributed by atoms with van der Waals surface area (Å²) in [6, 6.07) is 0.701. The lowest BCUT2D eigenvalue weighted by Crippen LogP contribution is -2.48. The van der Waals surface area contributed by atoms with Gasteiger partial charge in [-0.3, -0.25) is 14.5 Å². The second kappa shape index (κ2) is 7.31. The van der Waals surface area contributed by atoms with E-state index in [1.165, 1.54) is 0 Å². The van der Waals surface area contributed by atoms with Crippen molar-refractivity contribution in [3.63, 3.8) is 0 Å². The minimum atomic E-state index is 0.0114. The Balaban J connectivity index is 1.64. The normalized spacial score (nSPS) is 22.3. The van der Waals surface area contributed by atoms with Gasteiger partial charge in [-0.25, -0.2) is 0 Å². The summed E-state index contributed by atoms with van der Waals surface area (Å²) in [6.07, 6.45) is 6.08. The molecule has 1 heterocycles. The number of likely N-dealkylation sites (tertiary alicyclic amines) is 1. The Kier molecular flexibility index (Phi) is 5.72. The molecule has 1 aliphatic carbocycles. The summed E-state index contributed by atoms with van der Waals surface area (Å²) in [5.41, 5.74) is 0. The van der Waals surface area contributed by atoms with E-state index < -0.39 is 0 Å². The second-order valence-corrected chi connectivity index (χ2v) is 6.96. The number of hydrogen-bond donors (Lipinski definition) is 2. The number of carbonyl (C=O) groups excluding carboxylic acids is 2. The fraction of sp³-hybridized carbons (Fsp3) is 0.857. The Hall–Kier alpha value is -0.750. The van der Waals surface area contributed by atoms with E-state index in [9.17, 15) is 9.59 Å². The van der Waals surface area contributed by atoms with Crippen molar-refractivity contribution in [1.29, 1.82) is 0 Å². The fourth-order valence-electron chi connectivity index (χ4n) is 2.37. The molecule has 0 spiro atoms. The SMILES string of the molecule is CSC(C)C(=O)NC1CCN(CC(=O)NC2CC2)CC1. The van der Waals surface area contributed by atoms with Crippen molar-refractivity contribution in [3.8, 4) is 0 Å². The summed E-state index contributed by atoms with van der Waals surface area (Å²) in [6.45, 7) is 4.20. The lowest BCUT2D eigenvalue weighted by molar-refractivity contribution is -0.124. The molecule has 0 bridgehead atoms. The Bertz CT molecular complexity index is 352. The molecule has 114 valence electrons. The molecule has 1 unspecified atom stereocenters. The number of thioether (sulfide) groups is 1. The van der Waals surface area contributed by atoms with Crippen LogP contribution >= 0.6 is 11.8 Å². The van der Waals surface area contributed by atoms with Crippen molar-refractivity contribution in [3.05, 3.63) is 0 Å². The highest BCUT2D eigenvalue weighted by atomic mass is 32.2. The molecule has 0 radical (unpaired) electrons. The average Bonchev–Trinajstić information content (AvgIpc) is 3.23. The van der Waals surface area contributed by atoms with Crippen molar-refractivity contribution >= 4 is 23.6 Å². The van der Waals surface area contributed by atoms with E-state index in [0.29, 0.717) is 12.6 Å². The van der Waals surface area contributed by atoms with Crippen LogP contribution in [0.1, 0.15) is 32.6 Å². The number of piperidine rings is 1.